The minimum atomic E-state index is -1.10. The smallest absolute Gasteiger partial charge is 0.322 e. The van der Waals surface area contributed by atoms with Crippen molar-refractivity contribution in [3.63, 3.8) is 0 Å². The van der Waals surface area contributed by atoms with Gasteiger partial charge in [0.2, 0.25) is 5.91 Å². The van der Waals surface area contributed by atoms with Crippen LogP contribution in [0.3, 0.4) is 0 Å². The third-order valence-corrected chi connectivity index (χ3v) is 7.22. The molecule has 2 fully saturated rings. The maximum absolute atomic E-state index is 13.2. The molecule has 0 saturated carbocycles. The fraction of sp³-hybridized carbons (Fsp3) is 0.286. The van der Waals surface area contributed by atoms with Crippen molar-refractivity contribution in [2.45, 2.75) is 31.8 Å². The molecule has 184 valence electrons. The second-order valence-electron chi connectivity index (χ2n) is 9.54. The number of carbonyl (C=O) groups excluding carboxylic acids is 4. The van der Waals surface area contributed by atoms with E-state index in [0.29, 0.717) is 43.6 Å². The van der Waals surface area contributed by atoms with E-state index >= 15 is 0 Å². The number of rotatable bonds is 5. The molecular formula is C28H28N4O4. The van der Waals surface area contributed by atoms with Gasteiger partial charge in [-0.05, 0) is 47.7 Å². The predicted octanol–water partition coefficient (Wildman–Crippen LogP) is 3.06. The van der Waals surface area contributed by atoms with Gasteiger partial charge in [-0.3, -0.25) is 19.7 Å². The Morgan fingerprint density at radius 1 is 0.972 bits per heavy atom. The lowest BCUT2D eigenvalue weighted by atomic mass is 9.91. The minimum absolute atomic E-state index is 0.00609. The molecule has 1 unspecified atom stereocenters. The number of nitrogens with zero attached hydrogens (tertiary/aromatic N) is 1. The summed E-state index contributed by atoms with van der Waals surface area (Å²) >= 11 is 0. The lowest BCUT2D eigenvalue weighted by Crippen LogP contribution is -2.43. The first kappa shape index (κ1) is 23.5. The average Bonchev–Trinajstić information content (AvgIpc) is 3.18. The number of nitrogens with one attached hydrogen (secondary N) is 3. The molecule has 36 heavy (non-hydrogen) atoms. The van der Waals surface area contributed by atoms with Crippen LogP contribution in [-0.4, -0.2) is 41.7 Å². The first-order valence-electron chi connectivity index (χ1n) is 12.1. The van der Waals surface area contributed by atoms with Crippen LogP contribution in [0.15, 0.2) is 66.7 Å². The van der Waals surface area contributed by atoms with Crippen molar-refractivity contribution in [2.24, 2.45) is 5.92 Å². The molecule has 0 aliphatic carbocycles. The van der Waals surface area contributed by atoms with Crippen LogP contribution < -0.4 is 16.0 Å². The van der Waals surface area contributed by atoms with Crippen LogP contribution in [0.1, 0.15) is 41.3 Å². The SMILES string of the molecule is CC1(c2ccc(CNC(=O)C3CCN(C(=O)c4cccc5ccccc45)CC3)cc2)NC(=O)NC1=O. The van der Waals surface area contributed by atoms with E-state index in [9.17, 15) is 19.2 Å². The van der Waals surface area contributed by atoms with Gasteiger partial charge in [-0.1, -0.05) is 60.7 Å². The number of carbonyl (C=O) groups is 4. The van der Waals surface area contributed by atoms with Gasteiger partial charge in [0, 0.05) is 31.1 Å². The molecule has 3 N–H and O–H groups in total. The van der Waals surface area contributed by atoms with Crippen molar-refractivity contribution in [1.82, 2.24) is 20.9 Å². The van der Waals surface area contributed by atoms with E-state index in [1.807, 2.05) is 59.5 Å². The maximum atomic E-state index is 13.2. The molecule has 3 aromatic carbocycles. The topological polar surface area (TPSA) is 108 Å². The number of fused-ring (bicyclic) bond motifs is 1. The van der Waals surface area contributed by atoms with Gasteiger partial charge < -0.3 is 15.5 Å². The normalized spacial score (nSPS) is 20.2. The van der Waals surface area contributed by atoms with E-state index < -0.39 is 11.6 Å². The van der Waals surface area contributed by atoms with E-state index in [-0.39, 0.29) is 23.6 Å². The highest BCUT2D eigenvalue weighted by atomic mass is 16.2. The summed E-state index contributed by atoms with van der Waals surface area (Å²) in [5.41, 5.74) is 1.16. The number of piperidine rings is 1. The second kappa shape index (κ2) is 9.45. The van der Waals surface area contributed by atoms with E-state index in [0.717, 1.165) is 16.3 Å². The fourth-order valence-corrected chi connectivity index (χ4v) is 4.96. The molecule has 1 atom stereocenters. The molecule has 2 saturated heterocycles. The highest BCUT2D eigenvalue weighted by molar-refractivity contribution is 6.07. The summed E-state index contributed by atoms with van der Waals surface area (Å²) in [5.74, 6) is -0.548. The average molecular weight is 485 g/mol. The van der Waals surface area contributed by atoms with E-state index in [1.54, 1.807) is 19.1 Å². The monoisotopic (exact) mass is 484 g/mol. The molecule has 2 aliphatic rings. The quantitative estimate of drug-likeness (QED) is 0.484. The molecule has 8 heteroatoms. The number of likely N-dealkylation sites (tertiary alicyclic amines) is 1. The third kappa shape index (κ3) is 4.42. The van der Waals surface area contributed by atoms with Gasteiger partial charge in [0.25, 0.3) is 11.8 Å². The predicted molar refractivity (Wildman–Crippen MR) is 135 cm³/mol. The molecule has 2 aliphatic heterocycles. The number of imide groups is 1. The lowest BCUT2D eigenvalue weighted by molar-refractivity contribution is -0.126. The fourth-order valence-electron chi connectivity index (χ4n) is 4.96. The van der Waals surface area contributed by atoms with Gasteiger partial charge in [-0.2, -0.15) is 0 Å². The van der Waals surface area contributed by atoms with Gasteiger partial charge in [0.05, 0.1) is 0 Å². The zero-order chi connectivity index (χ0) is 25.3. The summed E-state index contributed by atoms with van der Waals surface area (Å²) in [5, 5.41) is 9.87. The van der Waals surface area contributed by atoms with E-state index in [1.165, 1.54) is 0 Å². The van der Waals surface area contributed by atoms with Gasteiger partial charge in [0.1, 0.15) is 5.54 Å². The first-order chi connectivity index (χ1) is 17.3. The molecule has 0 radical (unpaired) electrons. The zero-order valence-electron chi connectivity index (χ0n) is 20.0. The van der Waals surface area contributed by atoms with Crippen molar-refractivity contribution in [3.05, 3.63) is 83.4 Å². The highest BCUT2D eigenvalue weighted by Gasteiger charge is 2.43. The van der Waals surface area contributed by atoms with Crippen LogP contribution in [-0.2, 0) is 21.7 Å². The summed E-state index contributed by atoms with van der Waals surface area (Å²) in [4.78, 5) is 51.4. The molecular weight excluding hydrogens is 456 g/mol. The van der Waals surface area contributed by atoms with Crippen LogP contribution in [0.25, 0.3) is 10.8 Å². The minimum Gasteiger partial charge on any atom is -0.352 e. The van der Waals surface area contributed by atoms with Crippen LogP contribution in [0.2, 0.25) is 0 Å². The van der Waals surface area contributed by atoms with Crippen molar-refractivity contribution < 1.29 is 19.2 Å². The number of hydrogen-bond donors (Lipinski definition) is 3. The molecule has 5 amide bonds. The van der Waals surface area contributed by atoms with Gasteiger partial charge in [-0.25, -0.2) is 4.79 Å². The molecule has 0 aromatic heterocycles. The van der Waals surface area contributed by atoms with Crippen molar-refractivity contribution in [1.29, 1.82) is 0 Å². The number of urea groups is 1. The Bertz CT molecular complexity index is 1340. The van der Waals surface area contributed by atoms with Crippen LogP contribution in [0.5, 0.6) is 0 Å². The Hall–Kier alpha value is -4.20. The maximum Gasteiger partial charge on any atom is 0.322 e. The Morgan fingerprint density at radius 2 is 1.67 bits per heavy atom. The first-order valence-corrected chi connectivity index (χ1v) is 12.1. The Kier molecular flexibility index (Phi) is 6.18. The summed E-state index contributed by atoms with van der Waals surface area (Å²) in [6.07, 6.45) is 1.24. The van der Waals surface area contributed by atoms with Gasteiger partial charge in [-0.15, -0.1) is 0 Å². The Morgan fingerprint density at radius 3 is 2.36 bits per heavy atom. The van der Waals surface area contributed by atoms with Crippen LogP contribution in [0, 0.1) is 5.92 Å². The van der Waals surface area contributed by atoms with Crippen molar-refractivity contribution >= 4 is 34.5 Å². The molecule has 5 rings (SSSR count). The number of amides is 5. The number of benzene rings is 3. The zero-order valence-corrected chi connectivity index (χ0v) is 20.0. The van der Waals surface area contributed by atoms with E-state index in [2.05, 4.69) is 16.0 Å². The summed E-state index contributed by atoms with van der Waals surface area (Å²) in [6, 6.07) is 20.4. The van der Waals surface area contributed by atoms with E-state index in [4.69, 9.17) is 0 Å². The summed E-state index contributed by atoms with van der Waals surface area (Å²) < 4.78 is 0. The van der Waals surface area contributed by atoms with Crippen LogP contribution in [0.4, 0.5) is 4.79 Å². The lowest BCUT2D eigenvalue weighted by Gasteiger charge is -2.31. The molecule has 2 heterocycles. The van der Waals surface area contributed by atoms with Crippen molar-refractivity contribution in [2.75, 3.05) is 13.1 Å². The van der Waals surface area contributed by atoms with Crippen molar-refractivity contribution in [3.8, 4) is 0 Å². The Labute approximate surface area is 209 Å². The van der Waals surface area contributed by atoms with Crippen LogP contribution >= 0.6 is 0 Å². The third-order valence-electron chi connectivity index (χ3n) is 7.22. The second-order valence-corrected chi connectivity index (χ2v) is 9.54. The van der Waals surface area contributed by atoms with Gasteiger partial charge >= 0.3 is 6.03 Å². The molecule has 8 nitrogen and oxygen atoms in total. The summed E-state index contributed by atoms with van der Waals surface area (Å²) in [7, 11) is 0. The largest absolute Gasteiger partial charge is 0.352 e. The van der Waals surface area contributed by atoms with Gasteiger partial charge in [0.15, 0.2) is 0 Å². The molecule has 3 aromatic rings. The number of hydrogen-bond acceptors (Lipinski definition) is 4. The molecule has 0 spiro atoms. The Balaban J connectivity index is 1.14. The highest BCUT2D eigenvalue weighted by Crippen LogP contribution is 2.26. The summed E-state index contributed by atoms with van der Waals surface area (Å²) in [6.45, 7) is 3.10. The molecule has 0 bridgehead atoms. The standard InChI is InChI=1S/C28H28N4O4/c1-28(26(35)30-27(36)31-28)21-11-9-18(10-12-21)17-29-24(33)20-13-15-32(16-14-20)25(34)23-8-4-6-19-5-2-3-7-22(19)23/h2-12,20H,13-17H2,1H3,(H,29,33)(H2,30,31,35,36).